The van der Waals surface area contributed by atoms with Gasteiger partial charge in [-0.1, -0.05) is 48.7 Å². The number of ether oxygens (including phenoxy) is 1. The molecule has 0 unspecified atom stereocenters. The van der Waals surface area contributed by atoms with E-state index in [4.69, 9.17) is 27.9 Å². The van der Waals surface area contributed by atoms with Crippen molar-refractivity contribution in [2.45, 2.75) is 39.3 Å². The number of aromatic nitrogens is 1. The highest BCUT2D eigenvalue weighted by Gasteiger charge is 2.46. The number of amides is 1. The number of unbranched alkanes of at least 4 members (excludes halogenated alkanes) is 1. The van der Waals surface area contributed by atoms with Crippen LogP contribution in [0.25, 0.3) is 5.76 Å². The van der Waals surface area contributed by atoms with Crippen LogP contribution in [0.4, 0.5) is 0 Å². The van der Waals surface area contributed by atoms with Crippen LogP contribution in [0.15, 0.2) is 66.5 Å². The Bertz CT molecular complexity index is 1320. The molecule has 2 aromatic carbocycles. The van der Waals surface area contributed by atoms with Gasteiger partial charge in [-0.3, -0.25) is 14.6 Å². The van der Waals surface area contributed by atoms with Gasteiger partial charge in [0.1, 0.15) is 11.5 Å². The number of aliphatic hydroxyl groups excluding tert-OH is 1. The smallest absolute Gasteiger partial charge is 0.295 e. The lowest BCUT2D eigenvalue weighted by Gasteiger charge is -2.25. The molecule has 0 spiro atoms. The van der Waals surface area contributed by atoms with Crippen LogP contribution >= 0.6 is 23.2 Å². The summed E-state index contributed by atoms with van der Waals surface area (Å²) in [5.74, 6) is -1.06. The van der Waals surface area contributed by atoms with Crippen LogP contribution in [0.1, 0.15) is 48.1 Å². The largest absolute Gasteiger partial charge is 0.507 e. The van der Waals surface area contributed by atoms with E-state index in [0.717, 1.165) is 18.4 Å². The van der Waals surface area contributed by atoms with Crippen molar-refractivity contribution in [3.8, 4) is 5.75 Å². The third-order valence-electron chi connectivity index (χ3n) is 6.09. The van der Waals surface area contributed by atoms with Crippen LogP contribution in [-0.4, -0.2) is 33.3 Å². The Morgan fingerprint density at radius 2 is 1.92 bits per heavy atom. The molecule has 8 heteroatoms. The first-order valence-corrected chi connectivity index (χ1v) is 12.4. The van der Waals surface area contributed by atoms with Gasteiger partial charge >= 0.3 is 0 Å². The summed E-state index contributed by atoms with van der Waals surface area (Å²) in [4.78, 5) is 32.0. The molecule has 1 atom stereocenters. The number of nitrogens with zero attached hydrogens (tertiary/aromatic N) is 2. The fraction of sp³-hybridized carbons (Fsp3) is 0.250. The first-order valence-electron chi connectivity index (χ1n) is 11.7. The van der Waals surface area contributed by atoms with Gasteiger partial charge in [0.25, 0.3) is 11.7 Å². The summed E-state index contributed by atoms with van der Waals surface area (Å²) >= 11 is 12.4. The number of hydrogen-bond donors (Lipinski definition) is 1. The second kappa shape index (κ2) is 11.1. The summed E-state index contributed by atoms with van der Waals surface area (Å²) < 4.78 is 5.76. The van der Waals surface area contributed by atoms with Gasteiger partial charge in [-0.25, -0.2) is 0 Å². The number of hydrogen-bond acceptors (Lipinski definition) is 5. The van der Waals surface area contributed by atoms with Crippen molar-refractivity contribution in [3.63, 3.8) is 0 Å². The number of carbonyl (C=O) groups is 2. The third kappa shape index (κ3) is 5.25. The van der Waals surface area contributed by atoms with Crippen LogP contribution in [-0.2, 0) is 16.1 Å². The molecule has 4 rings (SSSR count). The van der Waals surface area contributed by atoms with Gasteiger partial charge in [0.2, 0.25) is 0 Å². The summed E-state index contributed by atoms with van der Waals surface area (Å²) in [5.41, 5.74) is 2.46. The second-order valence-electron chi connectivity index (χ2n) is 8.64. The van der Waals surface area contributed by atoms with Gasteiger partial charge in [0.05, 0.1) is 28.3 Å². The lowest BCUT2D eigenvalue weighted by atomic mass is 9.93. The van der Waals surface area contributed by atoms with E-state index in [2.05, 4.69) is 11.9 Å². The maximum Gasteiger partial charge on any atom is 0.295 e. The molecule has 1 aromatic heterocycles. The van der Waals surface area contributed by atoms with Gasteiger partial charge in [0.15, 0.2) is 0 Å². The highest BCUT2D eigenvalue weighted by Crippen LogP contribution is 2.42. The zero-order valence-corrected chi connectivity index (χ0v) is 21.5. The molecule has 3 aromatic rings. The Balaban J connectivity index is 1.81. The number of aliphatic hydroxyl groups is 1. The SMILES string of the molecule is CCCCOc1ccc(/C(O)=C2\C(=O)C(=O)N(Cc3cccnc3)[C@@H]2c2ccc(Cl)c(Cl)c2)c(C)c1. The number of likely N-dealkylation sites (tertiary alicyclic amines) is 1. The molecule has 1 amide bonds. The molecule has 6 nitrogen and oxygen atoms in total. The van der Waals surface area contributed by atoms with E-state index in [9.17, 15) is 14.7 Å². The van der Waals surface area contributed by atoms with E-state index in [1.807, 2.05) is 19.1 Å². The molecule has 36 heavy (non-hydrogen) atoms. The third-order valence-corrected chi connectivity index (χ3v) is 6.83. The zero-order valence-electron chi connectivity index (χ0n) is 20.0. The maximum absolute atomic E-state index is 13.3. The minimum Gasteiger partial charge on any atom is -0.507 e. The summed E-state index contributed by atoms with van der Waals surface area (Å²) in [6.07, 6.45) is 5.22. The van der Waals surface area contributed by atoms with Crippen LogP contribution in [0, 0.1) is 6.92 Å². The summed E-state index contributed by atoms with van der Waals surface area (Å²) in [6, 6.07) is 12.9. The number of aryl methyl sites for hydroxylation is 1. The first kappa shape index (κ1) is 25.7. The molecule has 186 valence electrons. The Labute approximate surface area is 220 Å². The second-order valence-corrected chi connectivity index (χ2v) is 9.45. The predicted octanol–water partition coefficient (Wildman–Crippen LogP) is 6.50. The normalized spacial score (nSPS) is 17.0. The van der Waals surface area contributed by atoms with Gasteiger partial charge in [0, 0.05) is 24.5 Å². The average molecular weight is 525 g/mol. The van der Waals surface area contributed by atoms with Crippen molar-refractivity contribution >= 4 is 40.7 Å². The molecular formula is C28H26Cl2N2O4. The quantitative estimate of drug-likeness (QED) is 0.157. The molecule has 0 saturated carbocycles. The monoisotopic (exact) mass is 524 g/mol. The average Bonchev–Trinajstić information content (AvgIpc) is 3.11. The predicted molar refractivity (Wildman–Crippen MR) is 140 cm³/mol. The van der Waals surface area contributed by atoms with Crippen LogP contribution in [0.3, 0.4) is 0 Å². The van der Waals surface area contributed by atoms with Crippen molar-refractivity contribution in [3.05, 3.63) is 98.8 Å². The van der Waals surface area contributed by atoms with Crippen LogP contribution < -0.4 is 4.74 Å². The van der Waals surface area contributed by atoms with Gasteiger partial charge < -0.3 is 14.7 Å². The minimum atomic E-state index is -0.861. The van der Waals surface area contributed by atoms with E-state index in [-0.39, 0.29) is 22.9 Å². The molecule has 1 aliphatic rings. The van der Waals surface area contributed by atoms with E-state index in [0.29, 0.717) is 34.1 Å². The lowest BCUT2D eigenvalue weighted by molar-refractivity contribution is -0.140. The number of ketones is 1. The zero-order chi connectivity index (χ0) is 25.8. The first-order chi connectivity index (χ1) is 17.3. The minimum absolute atomic E-state index is 0.00923. The molecule has 0 bridgehead atoms. The number of benzene rings is 2. The Morgan fingerprint density at radius 1 is 1.11 bits per heavy atom. The number of pyridine rings is 1. The Kier molecular flexibility index (Phi) is 7.97. The summed E-state index contributed by atoms with van der Waals surface area (Å²) in [6.45, 7) is 4.63. The maximum atomic E-state index is 13.3. The molecule has 0 radical (unpaired) electrons. The number of rotatable bonds is 8. The van der Waals surface area contributed by atoms with E-state index in [1.54, 1.807) is 48.8 Å². The summed E-state index contributed by atoms with van der Waals surface area (Å²) in [7, 11) is 0. The molecule has 1 aliphatic heterocycles. The number of halogens is 2. The number of Topliss-reactive ketones (excluding diaryl/α,β-unsaturated/α-hetero) is 1. The van der Waals surface area contributed by atoms with E-state index in [1.165, 1.54) is 4.90 Å². The molecule has 2 heterocycles. The summed E-state index contributed by atoms with van der Waals surface area (Å²) in [5, 5.41) is 12.0. The Morgan fingerprint density at radius 3 is 2.58 bits per heavy atom. The molecular weight excluding hydrogens is 499 g/mol. The molecule has 1 saturated heterocycles. The van der Waals surface area contributed by atoms with Crippen molar-refractivity contribution < 1.29 is 19.4 Å². The lowest BCUT2D eigenvalue weighted by Crippen LogP contribution is -2.29. The fourth-order valence-corrected chi connectivity index (χ4v) is 4.54. The topological polar surface area (TPSA) is 79.7 Å². The van der Waals surface area contributed by atoms with Crippen molar-refractivity contribution in [2.75, 3.05) is 6.61 Å². The fourth-order valence-electron chi connectivity index (χ4n) is 4.23. The van der Waals surface area contributed by atoms with E-state index >= 15 is 0 Å². The van der Waals surface area contributed by atoms with Crippen LogP contribution in [0.5, 0.6) is 5.75 Å². The highest BCUT2D eigenvalue weighted by molar-refractivity contribution is 6.46. The van der Waals surface area contributed by atoms with Crippen LogP contribution in [0.2, 0.25) is 10.0 Å². The van der Waals surface area contributed by atoms with Gasteiger partial charge in [-0.05, 0) is 66.4 Å². The molecule has 1 fully saturated rings. The highest BCUT2D eigenvalue weighted by atomic mass is 35.5. The van der Waals surface area contributed by atoms with Crippen molar-refractivity contribution in [2.24, 2.45) is 0 Å². The van der Waals surface area contributed by atoms with Gasteiger partial charge in [-0.15, -0.1) is 0 Å². The molecule has 1 N–H and O–H groups in total. The standard InChI is InChI=1S/C28H26Cl2N2O4/c1-3-4-12-36-20-8-9-21(17(2)13-20)26(33)24-25(19-7-10-22(29)23(30)14-19)32(28(35)27(24)34)16-18-6-5-11-31-15-18/h5-11,13-15,25,33H,3-4,12,16H2,1-2H3/b26-24+/t25-/m1/s1. The van der Waals surface area contributed by atoms with E-state index < -0.39 is 17.7 Å². The number of carbonyl (C=O) groups excluding carboxylic acids is 2. The molecule has 0 aliphatic carbocycles. The van der Waals surface area contributed by atoms with Crippen molar-refractivity contribution in [1.29, 1.82) is 0 Å². The Hall–Kier alpha value is -3.35. The van der Waals surface area contributed by atoms with Gasteiger partial charge in [-0.2, -0.15) is 0 Å². The van der Waals surface area contributed by atoms with Crippen molar-refractivity contribution in [1.82, 2.24) is 9.88 Å².